The summed E-state index contributed by atoms with van der Waals surface area (Å²) in [7, 11) is -3.46. The van der Waals surface area contributed by atoms with Crippen LogP contribution in [0.15, 0.2) is 29.7 Å². The van der Waals surface area contributed by atoms with E-state index < -0.39 is 10.0 Å². The van der Waals surface area contributed by atoms with Crippen LogP contribution in [0.25, 0.3) is 6.08 Å². The van der Waals surface area contributed by atoms with Crippen LogP contribution < -0.4 is 10.5 Å². The van der Waals surface area contributed by atoms with Crippen molar-refractivity contribution in [1.29, 1.82) is 0 Å². The molecule has 0 amide bonds. The van der Waals surface area contributed by atoms with Crippen LogP contribution in [0, 0.1) is 0 Å². The number of sulfonamides is 1. The largest absolute Gasteiger partial charge is 0.329 e. The first-order chi connectivity index (χ1) is 8.46. The highest BCUT2D eigenvalue weighted by Crippen LogP contribution is 2.11. The fourth-order valence-corrected chi connectivity index (χ4v) is 2.58. The van der Waals surface area contributed by atoms with Gasteiger partial charge in [0, 0.05) is 23.0 Å². The maximum absolute atomic E-state index is 11.7. The van der Waals surface area contributed by atoms with Gasteiger partial charge in [-0.1, -0.05) is 30.7 Å². The molecule has 0 aliphatic carbocycles. The Labute approximate surface area is 113 Å². The predicted molar refractivity (Wildman–Crippen MR) is 75.7 cm³/mol. The van der Waals surface area contributed by atoms with Gasteiger partial charge in [0.2, 0.25) is 10.0 Å². The second kappa shape index (κ2) is 6.89. The minimum absolute atomic E-state index is 0.232. The summed E-state index contributed by atoms with van der Waals surface area (Å²) in [5.74, 6) is 0. The molecule has 4 nitrogen and oxygen atoms in total. The zero-order valence-corrected chi connectivity index (χ0v) is 11.7. The van der Waals surface area contributed by atoms with Crippen molar-refractivity contribution in [2.24, 2.45) is 5.73 Å². The van der Waals surface area contributed by atoms with E-state index in [0.717, 1.165) is 11.0 Å². The topological polar surface area (TPSA) is 72.2 Å². The van der Waals surface area contributed by atoms with Gasteiger partial charge >= 0.3 is 0 Å². The molecule has 1 rings (SSSR count). The Bertz CT molecular complexity index is 493. The van der Waals surface area contributed by atoms with Crippen molar-refractivity contribution < 1.29 is 8.42 Å². The van der Waals surface area contributed by atoms with Crippen molar-refractivity contribution in [3.8, 4) is 0 Å². The second-order valence-corrected chi connectivity index (χ2v) is 5.89. The summed E-state index contributed by atoms with van der Waals surface area (Å²) in [5.41, 5.74) is 6.22. The molecule has 0 saturated heterocycles. The van der Waals surface area contributed by atoms with E-state index >= 15 is 0 Å². The standard InChI is InChI=1S/C12H17ClN2O2S/c1-2-12(9-14)15-18(16,17)8-7-10-3-5-11(13)6-4-10/h3-8,12,15H,2,9,14H2,1H3. The average Bonchev–Trinajstić information content (AvgIpc) is 2.35. The molecule has 18 heavy (non-hydrogen) atoms. The van der Waals surface area contributed by atoms with E-state index in [0.29, 0.717) is 11.4 Å². The molecule has 3 N–H and O–H groups in total. The van der Waals surface area contributed by atoms with Gasteiger partial charge in [-0.3, -0.25) is 0 Å². The zero-order chi connectivity index (χ0) is 13.6. The number of nitrogens with two attached hydrogens (primary N) is 1. The summed E-state index contributed by atoms with van der Waals surface area (Å²) in [6, 6.07) is 6.67. The first-order valence-electron chi connectivity index (χ1n) is 5.63. The molecule has 1 aromatic carbocycles. The lowest BCUT2D eigenvalue weighted by Gasteiger charge is -2.12. The molecule has 0 heterocycles. The first kappa shape index (κ1) is 15.2. The third kappa shape index (κ3) is 5.18. The number of benzene rings is 1. The lowest BCUT2D eigenvalue weighted by Crippen LogP contribution is -2.38. The molecule has 100 valence electrons. The van der Waals surface area contributed by atoms with Crippen molar-refractivity contribution in [3.63, 3.8) is 0 Å². The van der Waals surface area contributed by atoms with Crippen molar-refractivity contribution in [3.05, 3.63) is 40.3 Å². The molecular weight excluding hydrogens is 272 g/mol. The first-order valence-corrected chi connectivity index (χ1v) is 7.55. The number of nitrogens with one attached hydrogen (secondary N) is 1. The summed E-state index contributed by atoms with van der Waals surface area (Å²) in [6.07, 6.45) is 2.17. The number of halogens is 1. The third-order valence-electron chi connectivity index (χ3n) is 2.42. The number of hydrogen-bond donors (Lipinski definition) is 2. The van der Waals surface area contributed by atoms with Crippen molar-refractivity contribution in [1.82, 2.24) is 4.72 Å². The Hall–Kier alpha value is -0.880. The van der Waals surface area contributed by atoms with Crippen LogP contribution in [-0.4, -0.2) is 21.0 Å². The maximum Gasteiger partial charge on any atom is 0.234 e. The van der Waals surface area contributed by atoms with Crippen molar-refractivity contribution in [2.75, 3.05) is 6.54 Å². The SMILES string of the molecule is CCC(CN)NS(=O)(=O)C=Cc1ccc(Cl)cc1. The van der Waals surface area contributed by atoms with Crippen LogP contribution in [0.2, 0.25) is 5.02 Å². The van der Waals surface area contributed by atoms with Gasteiger partial charge in [0.1, 0.15) is 0 Å². The molecule has 0 bridgehead atoms. The highest BCUT2D eigenvalue weighted by atomic mass is 35.5. The Balaban J connectivity index is 2.73. The van der Waals surface area contributed by atoms with Gasteiger partial charge < -0.3 is 5.73 Å². The molecule has 6 heteroatoms. The quantitative estimate of drug-likeness (QED) is 0.840. The number of hydrogen-bond acceptors (Lipinski definition) is 3. The van der Waals surface area contributed by atoms with Crippen molar-refractivity contribution in [2.45, 2.75) is 19.4 Å². The fourth-order valence-electron chi connectivity index (χ4n) is 1.31. The zero-order valence-electron chi connectivity index (χ0n) is 10.1. The monoisotopic (exact) mass is 288 g/mol. The van der Waals surface area contributed by atoms with E-state index in [2.05, 4.69) is 4.72 Å². The molecule has 0 spiro atoms. The van der Waals surface area contributed by atoms with Gasteiger partial charge in [0.05, 0.1) is 0 Å². The Morgan fingerprint density at radius 3 is 2.50 bits per heavy atom. The van der Waals surface area contributed by atoms with Gasteiger partial charge in [0.25, 0.3) is 0 Å². The summed E-state index contributed by atoms with van der Waals surface area (Å²) < 4.78 is 25.9. The van der Waals surface area contributed by atoms with E-state index in [-0.39, 0.29) is 12.6 Å². The lowest BCUT2D eigenvalue weighted by molar-refractivity contribution is 0.550. The van der Waals surface area contributed by atoms with E-state index in [9.17, 15) is 8.42 Å². The molecule has 0 fully saturated rings. The maximum atomic E-state index is 11.7. The summed E-state index contributed by atoms with van der Waals surface area (Å²) in [4.78, 5) is 0. The average molecular weight is 289 g/mol. The molecule has 0 saturated carbocycles. The summed E-state index contributed by atoms with van der Waals surface area (Å²) in [5, 5.41) is 1.75. The van der Waals surface area contributed by atoms with Crippen LogP contribution >= 0.6 is 11.6 Å². The van der Waals surface area contributed by atoms with Gasteiger partial charge in [-0.2, -0.15) is 0 Å². The van der Waals surface area contributed by atoms with E-state index in [4.69, 9.17) is 17.3 Å². The molecule has 0 radical (unpaired) electrons. The lowest BCUT2D eigenvalue weighted by atomic mass is 10.2. The third-order valence-corrected chi connectivity index (χ3v) is 3.83. The predicted octanol–water partition coefficient (Wildman–Crippen LogP) is 1.97. The minimum atomic E-state index is -3.46. The van der Waals surface area contributed by atoms with Gasteiger partial charge in [-0.05, 0) is 30.2 Å². The molecule has 0 aliphatic rings. The second-order valence-electron chi connectivity index (χ2n) is 3.86. The van der Waals surface area contributed by atoms with E-state index in [1.165, 1.54) is 6.08 Å². The molecule has 0 aliphatic heterocycles. The molecule has 1 unspecified atom stereocenters. The van der Waals surface area contributed by atoms with Crippen molar-refractivity contribution >= 4 is 27.7 Å². The van der Waals surface area contributed by atoms with Gasteiger partial charge in [-0.15, -0.1) is 0 Å². The summed E-state index contributed by atoms with van der Waals surface area (Å²) >= 11 is 5.74. The smallest absolute Gasteiger partial charge is 0.234 e. The molecular formula is C12H17ClN2O2S. The van der Waals surface area contributed by atoms with Crippen LogP contribution in [0.3, 0.4) is 0 Å². The van der Waals surface area contributed by atoms with Gasteiger partial charge in [0.15, 0.2) is 0 Å². The van der Waals surface area contributed by atoms with Crippen LogP contribution in [0.4, 0.5) is 0 Å². The van der Waals surface area contributed by atoms with E-state index in [1.807, 2.05) is 6.92 Å². The minimum Gasteiger partial charge on any atom is -0.329 e. The number of rotatable bonds is 6. The highest BCUT2D eigenvalue weighted by Gasteiger charge is 2.11. The highest BCUT2D eigenvalue weighted by molar-refractivity contribution is 7.92. The van der Waals surface area contributed by atoms with Crippen LogP contribution in [0.5, 0.6) is 0 Å². The van der Waals surface area contributed by atoms with Gasteiger partial charge in [-0.25, -0.2) is 13.1 Å². The van der Waals surface area contributed by atoms with E-state index in [1.54, 1.807) is 24.3 Å². The molecule has 1 atom stereocenters. The normalized spacial score (nSPS) is 13.9. The van der Waals surface area contributed by atoms with Crippen LogP contribution in [-0.2, 0) is 10.0 Å². The Kier molecular flexibility index (Phi) is 5.81. The summed E-state index contributed by atoms with van der Waals surface area (Å²) in [6.45, 7) is 2.16. The Morgan fingerprint density at radius 2 is 2.00 bits per heavy atom. The molecule has 0 aromatic heterocycles. The fraction of sp³-hybridized carbons (Fsp3) is 0.333. The molecule has 1 aromatic rings. The Morgan fingerprint density at radius 1 is 1.39 bits per heavy atom. The van der Waals surface area contributed by atoms with Crippen LogP contribution in [0.1, 0.15) is 18.9 Å².